The highest BCUT2D eigenvalue weighted by Gasteiger charge is 2.10. The average molecular weight is 205 g/mol. The van der Waals surface area contributed by atoms with Gasteiger partial charge in [0.1, 0.15) is 5.75 Å². The van der Waals surface area contributed by atoms with Gasteiger partial charge < -0.3 is 10.4 Å². The number of phenolic OH excluding ortho intramolecular Hbond substituents is 1. The molecule has 0 saturated carbocycles. The quantitative estimate of drug-likeness (QED) is 0.741. The molecular formula is C12H15NO2. The molecule has 1 aromatic rings. The van der Waals surface area contributed by atoms with E-state index in [1.165, 1.54) is 0 Å². The van der Waals surface area contributed by atoms with Gasteiger partial charge in [0.05, 0.1) is 0 Å². The Kier molecular flexibility index (Phi) is 3.50. The molecule has 3 heteroatoms. The largest absolute Gasteiger partial charge is 0.508 e. The van der Waals surface area contributed by atoms with Gasteiger partial charge in [-0.3, -0.25) is 4.79 Å². The van der Waals surface area contributed by atoms with Crippen molar-refractivity contribution in [1.82, 2.24) is 5.32 Å². The SMILES string of the molecule is C=C(C)CNC(=O)c1cccc(O)c1C. The molecule has 0 aromatic heterocycles. The maximum atomic E-state index is 11.7. The molecule has 0 fully saturated rings. The molecular weight excluding hydrogens is 190 g/mol. The molecule has 0 bridgehead atoms. The second-order valence-corrected chi connectivity index (χ2v) is 3.59. The number of rotatable bonds is 3. The molecule has 80 valence electrons. The number of nitrogens with one attached hydrogen (secondary N) is 1. The van der Waals surface area contributed by atoms with E-state index in [9.17, 15) is 9.90 Å². The summed E-state index contributed by atoms with van der Waals surface area (Å²) < 4.78 is 0. The van der Waals surface area contributed by atoms with Crippen molar-refractivity contribution in [2.45, 2.75) is 13.8 Å². The Morgan fingerprint density at radius 2 is 2.20 bits per heavy atom. The van der Waals surface area contributed by atoms with Crippen LogP contribution in [-0.2, 0) is 0 Å². The van der Waals surface area contributed by atoms with E-state index in [1.54, 1.807) is 25.1 Å². The zero-order valence-electron chi connectivity index (χ0n) is 9.00. The van der Waals surface area contributed by atoms with Crippen molar-refractivity contribution in [3.8, 4) is 5.75 Å². The van der Waals surface area contributed by atoms with Crippen LogP contribution >= 0.6 is 0 Å². The van der Waals surface area contributed by atoms with Crippen LogP contribution in [0.1, 0.15) is 22.8 Å². The van der Waals surface area contributed by atoms with Crippen LogP contribution in [0.2, 0.25) is 0 Å². The third kappa shape index (κ3) is 2.84. The molecule has 0 radical (unpaired) electrons. The molecule has 15 heavy (non-hydrogen) atoms. The van der Waals surface area contributed by atoms with Gasteiger partial charge in [-0.15, -0.1) is 0 Å². The van der Waals surface area contributed by atoms with E-state index in [0.717, 1.165) is 5.57 Å². The van der Waals surface area contributed by atoms with Crippen LogP contribution in [0.4, 0.5) is 0 Å². The van der Waals surface area contributed by atoms with Crippen molar-refractivity contribution < 1.29 is 9.90 Å². The van der Waals surface area contributed by atoms with E-state index >= 15 is 0 Å². The van der Waals surface area contributed by atoms with Gasteiger partial charge in [-0.05, 0) is 26.0 Å². The number of benzene rings is 1. The van der Waals surface area contributed by atoms with Crippen LogP contribution in [0.5, 0.6) is 5.75 Å². The second-order valence-electron chi connectivity index (χ2n) is 3.59. The minimum absolute atomic E-state index is 0.137. The highest BCUT2D eigenvalue weighted by Crippen LogP contribution is 2.19. The standard InChI is InChI=1S/C12H15NO2/c1-8(2)7-13-12(15)10-5-4-6-11(14)9(10)3/h4-6,14H,1,7H2,2-3H3,(H,13,15). The second kappa shape index (κ2) is 4.64. The lowest BCUT2D eigenvalue weighted by atomic mass is 10.1. The minimum Gasteiger partial charge on any atom is -0.508 e. The lowest BCUT2D eigenvalue weighted by Crippen LogP contribution is -2.25. The molecule has 3 nitrogen and oxygen atoms in total. The van der Waals surface area contributed by atoms with Gasteiger partial charge in [0.2, 0.25) is 0 Å². The summed E-state index contributed by atoms with van der Waals surface area (Å²) >= 11 is 0. The van der Waals surface area contributed by atoms with Crippen LogP contribution in [0.15, 0.2) is 30.4 Å². The van der Waals surface area contributed by atoms with Gasteiger partial charge in [0, 0.05) is 17.7 Å². The van der Waals surface area contributed by atoms with Crippen molar-refractivity contribution in [1.29, 1.82) is 0 Å². The summed E-state index contributed by atoms with van der Waals surface area (Å²) in [7, 11) is 0. The van der Waals surface area contributed by atoms with Gasteiger partial charge in [-0.2, -0.15) is 0 Å². The Labute approximate surface area is 89.4 Å². The monoisotopic (exact) mass is 205 g/mol. The van der Waals surface area contributed by atoms with Gasteiger partial charge in [0.25, 0.3) is 5.91 Å². The van der Waals surface area contributed by atoms with Gasteiger partial charge >= 0.3 is 0 Å². The summed E-state index contributed by atoms with van der Waals surface area (Å²) in [5.74, 6) is -0.0515. The average Bonchev–Trinajstić information content (AvgIpc) is 2.18. The topological polar surface area (TPSA) is 49.3 Å². The molecule has 0 aliphatic heterocycles. The molecule has 0 spiro atoms. The summed E-state index contributed by atoms with van der Waals surface area (Å²) in [4.78, 5) is 11.7. The maximum Gasteiger partial charge on any atom is 0.251 e. The zero-order chi connectivity index (χ0) is 11.4. The summed E-state index contributed by atoms with van der Waals surface area (Å²) in [6.45, 7) is 7.71. The van der Waals surface area contributed by atoms with E-state index in [4.69, 9.17) is 0 Å². The number of carbonyl (C=O) groups is 1. The van der Waals surface area contributed by atoms with E-state index in [-0.39, 0.29) is 11.7 Å². The van der Waals surface area contributed by atoms with E-state index in [1.807, 2.05) is 6.92 Å². The molecule has 0 aliphatic rings. The summed E-state index contributed by atoms with van der Waals surface area (Å²) in [6, 6.07) is 4.89. The number of phenols is 1. The third-order valence-electron chi connectivity index (χ3n) is 2.10. The number of hydrogen-bond acceptors (Lipinski definition) is 2. The van der Waals surface area contributed by atoms with Gasteiger partial charge in [-0.25, -0.2) is 0 Å². The summed E-state index contributed by atoms with van der Waals surface area (Å²) in [5.41, 5.74) is 1.98. The molecule has 1 rings (SSSR count). The molecule has 0 atom stereocenters. The smallest absolute Gasteiger partial charge is 0.251 e. The molecule has 0 heterocycles. The Balaban J connectivity index is 2.82. The third-order valence-corrected chi connectivity index (χ3v) is 2.10. The van der Waals surface area contributed by atoms with Crippen molar-refractivity contribution in [3.05, 3.63) is 41.5 Å². The van der Waals surface area contributed by atoms with Crippen molar-refractivity contribution in [2.75, 3.05) is 6.54 Å². The van der Waals surface area contributed by atoms with Crippen molar-refractivity contribution in [3.63, 3.8) is 0 Å². The lowest BCUT2D eigenvalue weighted by molar-refractivity contribution is 0.0956. The molecule has 0 aliphatic carbocycles. The van der Waals surface area contributed by atoms with Crippen molar-refractivity contribution >= 4 is 5.91 Å². The predicted octanol–water partition coefficient (Wildman–Crippen LogP) is 2.01. The fraction of sp³-hybridized carbons (Fsp3) is 0.250. The normalized spacial score (nSPS) is 9.73. The first-order valence-electron chi connectivity index (χ1n) is 4.73. The van der Waals surface area contributed by atoms with Crippen LogP contribution in [0, 0.1) is 6.92 Å². The van der Waals surface area contributed by atoms with E-state index in [0.29, 0.717) is 17.7 Å². The zero-order valence-corrected chi connectivity index (χ0v) is 9.00. The molecule has 0 saturated heterocycles. The number of aromatic hydroxyl groups is 1. The highest BCUT2D eigenvalue weighted by molar-refractivity contribution is 5.96. The summed E-state index contributed by atoms with van der Waals surface area (Å²) in [5, 5.41) is 12.1. The van der Waals surface area contributed by atoms with Gasteiger partial charge in [-0.1, -0.05) is 18.2 Å². The van der Waals surface area contributed by atoms with Crippen molar-refractivity contribution in [2.24, 2.45) is 0 Å². The lowest BCUT2D eigenvalue weighted by Gasteiger charge is -2.08. The fourth-order valence-electron chi connectivity index (χ4n) is 1.20. The highest BCUT2D eigenvalue weighted by atomic mass is 16.3. The van der Waals surface area contributed by atoms with E-state index < -0.39 is 0 Å². The first-order chi connectivity index (χ1) is 7.02. The van der Waals surface area contributed by atoms with Crippen LogP contribution in [0.3, 0.4) is 0 Å². The first kappa shape index (κ1) is 11.3. The Bertz CT molecular complexity index is 397. The Morgan fingerprint density at radius 3 is 2.80 bits per heavy atom. The summed E-state index contributed by atoms with van der Waals surface area (Å²) in [6.07, 6.45) is 0. The van der Waals surface area contributed by atoms with E-state index in [2.05, 4.69) is 11.9 Å². The molecule has 2 N–H and O–H groups in total. The maximum absolute atomic E-state index is 11.7. The molecule has 0 unspecified atom stereocenters. The predicted molar refractivity (Wildman–Crippen MR) is 60.0 cm³/mol. The fourth-order valence-corrected chi connectivity index (χ4v) is 1.20. The minimum atomic E-state index is -0.189. The first-order valence-corrected chi connectivity index (χ1v) is 4.73. The Hall–Kier alpha value is -1.77. The number of carbonyl (C=O) groups excluding carboxylic acids is 1. The number of amides is 1. The number of hydrogen-bond donors (Lipinski definition) is 2. The van der Waals surface area contributed by atoms with Crippen LogP contribution in [0.25, 0.3) is 0 Å². The molecule has 1 aromatic carbocycles. The molecule has 1 amide bonds. The Morgan fingerprint density at radius 1 is 1.53 bits per heavy atom. The van der Waals surface area contributed by atoms with Gasteiger partial charge in [0.15, 0.2) is 0 Å². The van der Waals surface area contributed by atoms with Crippen LogP contribution in [-0.4, -0.2) is 17.6 Å². The van der Waals surface area contributed by atoms with Crippen LogP contribution < -0.4 is 5.32 Å².